The maximum atomic E-state index is 12.9. The van der Waals surface area contributed by atoms with Crippen molar-refractivity contribution in [2.75, 3.05) is 12.4 Å². The molecule has 0 bridgehead atoms. The molecular formula is C20H24N4O4. The fourth-order valence-corrected chi connectivity index (χ4v) is 3.29. The lowest BCUT2D eigenvalue weighted by Gasteiger charge is -2.17. The van der Waals surface area contributed by atoms with Crippen molar-refractivity contribution in [3.8, 4) is 0 Å². The summed E-state index contributed by atoms with van der Waals surface area (Å²) in [6, 6.07) is 6.57. The average molecular weight is 384 g/mol. The van der Waals surface area contributed by atoms with E-state index in [1.165, 1.54) is 7.11 Å². The van der Waals surface area contributed by atoms with Crippen LogP contribution in [0.1, 0.15) is 63.8 Å². The van der Waals surface area contributed by atoms with Crippen LogP contribution in [0.3, 0.4) is 0 Å². The number of nitrogens with zero attached hydrogens (tertiary/aromatic N) is 2. The van der Waals surface area contributed by atoms with Crippen molar-refractivity contribution in [2.24, 2.45) is 0 Å². The normalized spacial score (nSPS) is 13.0. The van der Waals surface area contributed by atoms with Crippen LogP contribution in [-0.2, 0) is 17.7 Å². The molecule has 28 heavy (non-hydrogen) atoms. The molecule has 2 heterocycles. The van der Waals surface area contributed by atoms with Crippen LogP contribution in [0.2, 0.25) is 0 Å². The van der Waals surface area contributed by atoms with E-state index in [0.29, 0.717) is 24.3 Å². The monoisotopic (exact) mass is 384 g/mol. The average Bonchev–Trinajstić information content (AvgIpc) is 3.07. The van der Waals surface area contributed by atoms with Gasteiger partial charge in [-0.25, -0.2) is 9.78 Å². The fourth-order valence-electron chi connectivity index (χ4n) is 3.29. The molecule has 0 atom stereocenters. The predicted molar refractivity (Wildman–Crippen MR) is 104 cm³/mol. The second kappa shape index (κ2) is 8.24. The van der Waals surface area contributed by atoms with Gasteiger partial charge in [-0.2, -0.15) is 0 Å². The number of carbonyl (C=O) groups excluding carboxylic acids is 3. The highest BCUT2D eigenvalue weighted by Gasteiger charge is 2.28. The van der Waals surface area contributed by atoms with Crippen LogP contribution in [0.15, 0.2) is 24.3 Å². The van der Waals surface area contributed by atoms with Crippen LogP contribution in [0.4, 0.5) is 5.69 Å². The van der Waals surface area contributed by atoms with E-state index in [-0.39, 0.29) is 23.3 Å². The first-order chi connectivity index (χ1) is 13.4. The zero-order valence-corrected chi connectivity index (χ0v) is 16.2. The maximum absolute atomic E-state index is 12.9. The molecule has 8 heteroatoms. The van der Waals surface area contributed by atoms with Crippen LogP contribution in [0.25, 0.3) is 0 Å². The summed E-state index contributed by atoms with van der Waals surface area (Å²) in [6.07, 6.45) is 2.55. The number of imidazole rings is 1. The van der Waals surface area contributed by atoms with Gasteiger partial charge in [0.05, 0.1) is 24.1 Å². The number of aromatic nitrogens is 2. The molecule has 1 aromatic carbocycles. The van der Waals surface area contributed by atoms with Gasteiger partial charge in [-0.1, -0.05) is 12.1 Å². The van der Waals surface area contributed by atoms with Gasteiger partial charge in [0.25, 0.3) is 11.8 Å². The van der Waals surface area contributed by atoms with E-state index in [2.05, 4.69) is 15.6 Å². The van der Waals surface area contributed by atoms with Gasteiger partial charge in [0.1, 0.15) is 5.69 Å². The molecule has 2 amide bonds. The number of ether oxygens (including phenoxy) is 1. The van der Waals surface area contributed by atoms with Crippen LogP contribution in [-0.4, -0.2) is 40.5 Å². The van der Waals surface area contributed by atoms with Crippen molar-refractivity contribution in [1.29, 1.82) is 0 Å². The fraction of sp³-hybridized carbons (Fsp3) is 0.400. The number of methoxy groups -OCH3 is 1. The number of esters is 1. The number of hydrogen-bond acceptors (Lipinski definition) is 5. The number of para-hydroxylation sites is 1. The number of nitrogens with one attached hydrogen (secondary N) is 2. The molecule has 2 aromatic rings. The first-order valence-electron chi connectivity index (χ1n) is 9.31. The van der Waals surface area contributed by atoms with Gasteiger partial charge in [0.2, 0.25) is 0 Å². The summed E-state index contributed by atoms with van der Waals surface area (Å²) in [4.78, 5) is 41.7. The van der Waals surface area contributed by atoms with Crippen molar-refractivity contribution >= 4 is 23.5 Å². The number of fused-ring (bicyclic) bond motifs is 1. The molecule has 1 aliphatic rings. The minimum Gasteiger partial charge on any atom is -0.465 e. The topological polar surface area (TPSA) is 102 Å². The van der Waals surface area contributed by atoms with Crippen molar-refractivity contribution in [2.45, 2.75) is 45.7 Å². The molecule has 0 saturated heterocycles. The predicted octanol–water partition coefficient (Wildman–Crippen LogP) is 2.40. The SMILES string of the molecule is COC(=O)c1ccccc1NC(=O)c1nc(C(=O)NC(C)C)c2n1CCCC2. The Morgan fingerprint density at radius 2 is 1.89 bits per heavy atom. The Morgan fingerprint density at radius 3 is 2.61 bits per heavy atom. The maximum Gasteiger partial charge on any atom is 0.339 e. The van der Waals surface area contributed by atoms with Gasteiger partial charge in [0.15, 0.2) is 5.82 Å². The molecular weight excluding hydrogens is 360 g/mol. The van der Waals surface area contributed by atoms with E-state index in [1.807, 2.05) is 13.8 Å². The number of benzene rings is 1. The van der Waals surface area contributed by atoms with Crippen molar-refractivity contribution in [1.82, 2.24) is 14.9 Å². The minimum atomic E-state index is -0.543. The molecule has 0 aliphatic carbocycles. The highest BCUT2D eigenvalue weighted by Crippen LogP contribution is 2.23. The molecule has 8 nitrogen and oxygen atoms in total. The molecule has 2 N–H and O–H groups in total. The molecule has 0 fully saturated rings. The van der Waals surface area contributed by atoms with E-state index in [1.54, 1.807) is 28.8 Å². The Bertz CT molecular complexity index is 917. The van der Waals surface area contributed by atoms with E-state index in [0.717, 1.165) is 18.5 Å². The molecule has 3 rings (SSSR count). The molecule has 0 saturated carbocycles. The Balaban J connectivity index is 1.94. The van der Waals surface area contributed by atoms with Crippen molar-refractivity contribution in [3.63, 3.8) is 0 Å². The number of rotatable bonds is 5. The summed E-state index contributed by atoms with van der Waals surface area (Å²) >= 11 is 0. The Kier molecular flexibility index (Phi) is 5.77. The standard InChI is InChI=1S/C20H24N4O4/c1-12(2)21-18(25)16-15-10-6-7-11-24(15)17(23-16)19(26)22-14-9-5-4-8-13(14)20(27)28-3/h4-5,8-9,12H,6-7,10-11H2,1-3H3,(H,21,25)(H,22,26). The molecule has 1 aliphatic heterocycles. The second-order valence-corrected chi connectivity index (χ2v) is 6.96. The highest BCUT2D eigenvalue weighted by atomic mass is 16.5. The molecule has 0 radical (unpaired) electrons. The Labute approximate surface area is 163 Å². The van der Waals surface area contributed by atoms with Gasteiger partial charge in [-0.05, 0) is 45.2 Å². The van der Waals surface area contributed by atoms with E-state index in [4.69, 9.17) is 4.74 Å². The largest absolute Gasteiger partial charge is 0.465 e. The third kappa shape index (κ3) is 3.90. The van der Waals surface area contributed by atoms with Crippen LogP contribution >= 0.6 is 0 Å². The summed E-state index contributed by atoms with van der Waals surface area (Å²) in [7, 11) is 1.28. The molecule has 1 aromatic heterocycles. The van der Waals surface area contributed by atoms with Crippen LogP contribution < -0.4 is 10.6 Å². The first kappa shape index (κ1) is 19.6. The van der Waals surface area contributed by atoms with Gasteiger partial charge in [-0.3, -0.25) is 9.59 Å². The number of carbonyl (C=O) groups is 3. The molecule has 148 valence electrons. The van der Waals surface area contributed by atoms with Gasteiger partial charge < -0.3 is 19.9 Å². The van der Waals surface area contributed by atoms with E-state index in [9.17, 15) is 14.4 Å². The summed E-state index contributed by atoms with van der Waals surface area (Å²) in [6.45, 7) is 4.37. The minimum absolute atomic E-state index is 0.0300. The number of hydrogen-bond donors (Lipinski definition) is 2. The summed E-state index contributed by atoms with van der Waals surface area (Å²) in [5, 5.41) is 5.57. The van der Waals surface area contributed by atoms with Gasteiger partial charge >= 0.3 is 5.97 Å². The Hall–Kier alpha value is -3.16. The van der Waals surface area contributed by atoms with Crippen LogP contribution in [0.5, 0.6) is 0 Å². The first-order valence-corrected chi connectivity index (χ1v) is 9.31. The third-order valence-electron chi connectivity index (χ3n) is 4.54. The lowest BCUT2D eigenvalue weighted by atomic mass is 10.1. The lowest BCUT2D eigenvalue weighted by Crippen LogP contribution is -2.31. The van der Waals surface area contributed by atoms with Gasteiger partial charge in [0, 0.05) is 12.6 Å². The highest BCUT2D eigenvalue weighted by molar-refractivity contribution is 6.07. The summed E-state index contributed by atoms with van der Waals surface area (Å²) in [5.74, 6) is -1.13. The van der Waals surface area contributed by atoms with E-state index >= 15 is 0 Å². The Morgan fingerprint density at radius 1 is 1.14 bits per heavy atom. The van der Waals surface area contributed by atoms with E-state index < -0.39 is 11.9 Å². The van der Waals surface area contributed by atoms with Crippen molar-refractivity contribution < 1.29 is 19.1 Å². The zero-order chi connectivity index (χ0) is 20.3. The van der Waals surface area contributed by atoms with Gasteiger partial charge in [-0.15, -0.1) is 0 Å². The summed E-state index contributed by atoms with van der Waals surface area (Å²) in [5.41, 5.74) is 1.65. The van der Waals surface area contributed by atoms with Crippen molar-refractivity contribution in [3.05, 3.63) is 47.0 Å². The quantitative estimate of drug-likeness (QED) is 0.771. The zero-order valence-electron chi connectivity index (χ0n) is 16.2. The number of amides is 2. The molecule has 0 spiro atoms. The summed E-state index contributed by atoms with van der Waals surface area (Å²) < 4.78 is 6.56. The smallest absolute Gasteiger partial charge is 0.339 e. The van der Waals surface area contributed by atoms with Crippen LogP contribution in [0, 0.1) is 0 Å². The second-order valence-electron chi connectivity index (χ2n) is 6.96. The molecule has 0 unspecified atom stereocenters. The number of anilines is 1. The lowest BCUT2D eigenvalue weighted by molar-refractivity contribution is 0.0601. The third-order valence-corrected chi connectivity index (χ3v) is 4.54.